The molecule has 2 aromatic carbocycles. The Morgan fingerprint density at radius 2 is 1.67 bits per heavy atom. The van der Waals surface area contributed by atoms with Gasteiger partial charge in [-0.15, -0.1) is 0 Å². The average molecular weight is 292 g/mol. The van der Waals surface area contributed by atoms with E-state index in [1.165, 1.54) is 12.1 Å². The van der Waals surface area contributed by atoms with E-state index in [2.05, 4.69) is 0 Å². The molecule has 0 saturated carbocycles. The van der Waals surface area contributed by atoms with Crippen molar-refractivity contribution in [1.29, 1.82) is 0 Å². The van der Waals surface area contributed by atoms with Crippen LogP contribution >= 0.6 is 0 Å². The Hall–Kier alpha value is -1.94. The third kappa shape index (κ3) is 4.02. The lowest BCUT2D eigenvalue weighted by atomic mass is 10.1. The Morgan fingerprint density at radius 1 is 1.05 bits per heavy atom. The van der Waals surface area contributed by atoms with Crippen molar-refractivity contribution in [3.63, 3.8) is 0 Å². The fraction of sp³-hybridized carbons (Fsp3) is 0.294. The summed E-state index contributed by atoms with van der Waals surface area (Å²) >= 11 is 0. The number of hydrogen-bond acceptors (Lipinski definition) is 2. The molecule has 4 heteroatoms. The van der Waals surface area contributed by atoms with E-state index in [-0.39, 0.29) is 5.56 Å². The normalized spacial score (nSPS) is 13.0. The van der Waals surface area contributed by atoms with Crippen molar-refractivity contribution in [3.05, 3.63) is 65.7 Å². The lowest BCUT2D eigenvalue weighted by molar-refractivity contribution is -0.0467. The van der Waals surface area contributed by atoms with Gasteiger partial charge in [0.25, 0.3) is 0 Å². The van der Waals surface area contributed by atoms with Crippen LogP contribution in [0.15, 0.2) is 54.6 Å². The van der Waals surface area contributed by atoms with Crippen molar-refractivity contribution in [1.82, 2.24) is 0 Å². The van der Waals surface area contributed by atoms with Crippen LogP contribution in [0, 0.1) is 0 Å². The van der Waals surface area contributed by atoms with Crippen molar-refractivity contribution in [2.24, 2.45) is 0 Å². The topological polar surface area (TPSA) is 29.5 Å². The average Bonchev–Trinajstić information content (AvgIpc) is 2.53. The summed E-state index contributed by atoms with van der Waals surface area (Å²) in [6, 6.07) is 14.2. The molecule has 0 aromatic heterocycles. The lowest BCUT2D eigenvalue weighted by Gasteiger charge is -2.17. The molecule has 1 N–H and O–H groups in total. The number of ether oxygens (including phenoxy) is 1. The third-order valence-electron chi connectivity index (χ3n) is 3.27. The fourth-order valence-corrected chi connectivity index (χ4v) is 1.96. The molecule has 0 heterocycles. The molecule has 0 bridgehead atoms. The molecule has 2 nitrogen and oxygen atoms in total. The number of alkyl halides is 2. The maximum Gasteiger partial charge on any atom is 0.306 e. The Labute approximate surface area is 123 Å². The zero-order valence-corrected chi connectivity index (χ0v) is 11.8. The number of rotatable bonds is 6. The fourth-order valence-electron chi connectivity index (χ4n) is 1.96. The second-order valence-electron chi connectivity index (χ2n) is 4.85. The van der Waals surface area contributed by atoms with E-state index in [1.54, 1.807) is 42.5 Å². The molecule has 1 atom stereocenters. The second kappa shape index (κ2) is 6.68. The maximum atomic E-state index is 13.9. The van der Waals surface area contributed by atoms with E-state index in [4.69, 9.17) is 4.74 Å². The van der Waals surface area contributed by atoms with Crippen molar-refractivity contribution in [2.45, 2.75) is 25.4 Å². The molecule has 0 saturated heterocycles. The number of hydrogen-bond donors (Lipinski definition) is 1. The molecule has 0 fully saturated rings. The number of halogens is 2. The van der Waals surface area contributed by atoms with Crippen LogP contribution in [0.3, 0.4) is 0 Å². The lowest BCUT2D eigenvalue weighted by Crippen LogP contribution is -2.23. The molecular formula is C17H18F2O2. The van der Waals surface area contributed by atoms with Crippen LogP contribution in [0.25, 0.3) is 0 Å². The van der Waals surface area contributed by atoms with Gasteiger partial charge in [-0.25, -0.2) is 0 Å². The highest BCUT2D eigenvalue weighted by Gasteiger charge is 2.32. The minimum absolute atomic E-state index is 0.0666. The van der Waals surface area contributed by atoms with Gasteiger partial charge in [-0.05, 0) is 24.1 Å². The molecule has 0 spiro atoms. The summed E-state index contributed by atoms with van der Waals surface area (Å²) in [5.74, 6) is -2.68. The number of benzene rings is 2. The summed E-state index contributed by atoms with van der Waals surface area (Å²) < 4.78 is 33.0. The monoisotopic (exact) mass is 292 g/mol. The molecule has 21 heavy (non-hydrogen) atoms. The van der Waals surface area contributed by atoms with Crippen LogP contribution in [-0.2, 0) is 5.92 Å². The molecule has 0 aliphatic rings. The van der Waals surface area contributed by atoms with E-state index >= 15 is 0 Å². The van der Waals surface area contributed by atoms with Gasteiger partial charge in [0.05, 0.1) is 6.10 Å². The summed E-state index contributed by atoms with van der Waals surface area (Å²) in [5.41, 5.74) is 0.683. The molecule has 2 aromatic rings. The minimum atomic E-state index is -3.04. The Kier molecular flexibility index (Phi) is 4.91. The quantitative estimate of drug-likeness (QED) is 0.860. The molecule has 112 valence electrons. The SMILES string of the molecule is CC[C@@H](O)c1ccc(OCC(F)(F)c2ccccc2)cc1. The van der Waals surface area contributed by atoms with Gasteiger partial charge < -0.3 is 9.84 Å². The van der Waals surface area contributed by atoms with Crippen molar-refractivity contribution in [2.75, 3.05) is 6.61 Å². The van der Waals surface area contributed by atoms with E-state index in [0.717, 1.165) is 5.56 Å². The van der Waals surface area contributed by atoms with Crippen LogP contribution in [-0.4, -0.2) is 11.7 Å². The largest absolute Gasteiger partial charge is 0.487 e. The van der Waals surface area contributed by atoms with E-state index < -0.39 is 18.6 Å². The van der Waals surface area contributed by atoms with Gasteiger partial charge in [0.15, 0.2) is 6.61 Å². The van der Waals surface area contributed by atoms with Crippen molar-refractivity contribution in [3.8, 4) is 5.75 Å². The van der Waals surface area contributed by atoms with Gasteiger partial charge in [-0.1, -0.05) is 49.4 Å². The summed E-state index contributed by atoms with van der Waals surface area (Å²) in [6.45, 7) is 1.15. The maximum absolute atomic E-state index is 13.9. The zero-order valence-electron chi connectivity index (χ0n) is 11.8. The first kappa shape index (κ1) is 15.4. The second-order valence-corrected chi connectivity index (χ2v) is 4.85. The van der Waals surface area contributed by atoms with Crippen LogP contribution in [0.5, 0.6) is 5.75 Å². The van der Waals surface area contributed by atoms with Crippen molar-refractivity contribution < 1.29 is 18.6 Å². The smallest absolute Gasteiger partial charge is 0.306 e. The highest BCUT2D eigenvalue weighted by Crippen LogP contribution is 2.29. The van der Waals surface area contributed by atoms with E-state index in [1.807, 2.05) is 6.92 Å². The van der Waals surface area contributed by atoms with Crippen LogP contribution in [0.4, 0.5) is 8.78 Å². The van der Waals surface area contributed by atoms with Gasteiger partial charge in [0, 0.05) is 5.56 Å². The Morgan fingerprint density at radius 3 is 2.24 bits per heavy atom. The molecule has 0 unspecified atom stereocenters. The summed E-state index contributed by atoms with van der Waals surface area (Å²) in [4.78, 5) is 0. The predicted octanol–water partition coefficient (Wildman–Crippen LogP) is 4.30. The van der Waals surface area contributed by atoms with Gasteiger partial charge in [-0.3, -0.25) is 0 Å². The standard InChI is InChI=1S/C17H18F2O2/c1-2-16(20)13-8-10-15(11-9-13)21-12-17(18,19)14-6-4-3-5-7-14/h3-11,16,20H,2,12H2,1H3/t16-/m1/s1. The summed E-state index contributed by atoms with van der Waals surface area (Å²) in [6.07, 6.45) is 0.0662. The first-order chi connectivity index (χ1) is 10.0. The highest BCUT2D eigenvalue weighted by molar-refractivity contribution is 5.29. The predicted molar refractivity (Wildman–Crippen MR) is 77.5 cm³/mol. The molecule has 2 rings (SSSR count). The molecule has 0 amide bonds. The Balaban J connectivity index is 1.99. The molecule has 0 aliphatic carbocycles. The first-order valence-electron chi connectivity index (χ1n) is 6.87. The van der Waals surface area contributed by atoms with Crippen LogP contribution in [0.2, 0.25) is 0 Å². The molecule has 0 aliphatic heterocycles. The summed E-state index contributed by atoms with van der Waals surface area (Å²) in [5, 5.41) is 9.67. The molecule has 0 radical (unpaired) electrons. The highest BCUT2D eigenvalue weighted by atomic mass is 19.3. The van der Waals surface area contributed by atoms with E-state index in [9.17, 15) is 13.9 Å². The van der Waals surface area contributed by atoms with Crippen molar-refractivity contribution >= 4 is 0 Å². The van der Waals surface area contributed by atoms with Gasteiger partial charge in [0.1, 0.15) is 5.75 Å². The minimum Gasteiger partial charge on any atom is -0.487 e. The van der Waals surface area contributed by atoms with Gasteiger partial charge >= 0.3 is 5.92 Å². The molecular weight excluding hydrogens is 274 g/mol. The Bertz CT molecular complexity index is 553. The van der Waals surface area contributed by atoms with E-state index in [0.29, 0.717) is 12.2 Å². The zero-order chi connectivity index (χ0) is 15.3. The van der Waals surface area contributed by atoms with Gasteiger partial charge in [-0.2, -0.15) is 8.78 Å². The van der Waals surface area contributed by atoms with Gasteiger partial charge in [0.2, 0.25) is 0 Å². The van der Waals surface area contributed by atoms with Crippen LogP contribution in [0.1, 0.15) is 30.6 Å². The summed E-state index contributed by atoms with van der Waals surface area (Å²) in [7, 11) is 0. The third-order valence-corrected chi connectivity index (χ3v) is 3.27. The number of aliphatic hydroxyl groups is 1. The number of aliphatic hydroxyl groups excluding tert-OH is 1. The first-order valence-corrected chi connectivity index (χ1v) is 6.87. The van der Waals surface area contributed by atoms with Crippen LogP contribution < -0.4 is 4.74 Å².